The third-order valence-electron chi connectivity index (χ3n) is 2.39. The minimum atomic E-state index is -0.265. The van der Waals surface area contributed by atoms with Crippen molar-refractivity contribution in [1.82, 2.24) is 9.97 Å². The van der Waals surface area contributed by atoms with Gasteiger partial charge in [0.1, 0.15) is 22.0 Å². The molecule has 0 aliphatic heterocycles. The summed E-state index contributed by atoms with van der Waals surface area (Å²) in [5, 5.41) is 3.59. The summed E-state index contributed by atoms with van der Waals surface area (Å²) in [5.74, 6) is 0.414. The van der Waals surface area contributed by atoms with E-state index in [0.717, 1.165) is 16.0 Å². The average Bonchev–Trinajstić information content (AvgIpc) is 2.71. The number of nitrogen functional groups attached to an aromatic ring is 1. The normalized spacial score (nSPS) is 10.7. The van der Waals surface area contributed by atoms with E-state index in [1.807, 2.05) is 12.1 Å². The largest absolute Gasteiger partial charge is 0.375 e. The number of nitrogens with zero attached hydrogens (tertiary/aromatic N) is 2. The summed E-state index contributed by atoms with van der Waals surface area (Å²) >= 11 is 1.33. The molecule has 4 nitrogen and oxygen atoms in total. The number of pyridine rings is 1. The highest BCUT2D eigenvalue weighted by Gasteiger charge is 2.04. The number of benzene rings is 1. The highest BCUT2D eigenvalue weighted by molar-refractivity contribution is 7.21. The van der Waals surface area contributed by atoms with E-state index >= 15 is 0 Å². The molecule has 3 N–H and O–H groups in total. The molecule has 0 unspecified atom stereocenters. The van der Waals surface area contributed by atoms with Gasteiger partial charge < -0.3 is 11.1 Å². The Balaban J connectivity index is 1.92. The van der Waals surface area contributed by atoms with Crippen LogP contribution >= 0.6 is 11.3 Å². The lowest BCUT2D eigenvalue weighted by Gasteiger charge is -2.04. The predicted octanol–water partition coefficient (Wildman–Crippen LogP) is 3.16. The number of nitrogens with two attached hydrogens (primary N) is 1. The van der Waals surface area contributed by atoms with Crippen LogP contribution in [0.3, 0.4) is 0 Å². The van der Waals surface area contributed by atoms with Crippen molar-refractivity contribution in [2.24, 2.45) is 0 Å². The quantitative estimate of drug-likeness (QED) is 0.743. The lowest BCUT2D eigenvalue weighted by atomic mass is 10.3. The number of rotatable bonds is 2. The van der Waals surface area contributed by atoms with Crippen molar-refractivity contribution in [1.29, 1.82) is 0 Å². The van der Waals surface area contributed by atoms with E-state index < -0.39 is 0 Å². The summed E-state index contributed by atoms with van der Waals surface area (Å²) in [7, 11) is 0. The van der Waals surface area contributed by atoms with E-state index in [9.17, 15) is 4.39 Å². The van der Waals surface area contributed by atoms with Crippen molar-refractivity contribution in [3.8, 4) is 0 Å². The molecule has 0 atom stereocenters. The van der Waals surface area contributed by atoms with Crippen molar-refractivity contribution in [3.05, 3.63) is 42.2 Å². The van der Waals surface area contributed by atoms with Gasteiger partial charge in [-0.2, -0.15) is 0 Å². The Hall–Kier alpha value is -2.21. The SMILES string of the molecule is Nc1nc2ccc(Nc3ccc(F)cc3)nc2s1. The van der Waals surface area contributed by atoms with Crippen LogP contribution in [-0.2, 0) is 0 Å². The van der Waals surface area contributed by atoms with Gasteiger partial charge in [0.2, 0.25) is 0 Å². The first-order valence-corrected chi connectivity index (χ1v) is 6.08. The maximum atomic E-state index is 12.8. The first kappa shape index (κ1) is 10.9. The Labute approximate surface area is 106 Å². The molecule has 3 rings (SSSR count). The maximum absolute atomic E-state index is 12.8. The lowest BCUT2D eigenvalue weighted by molar-refractivity contribution is 0.628. The molecule has 0 fully saturated rings. The van der Waals surface area contributed by atoms with Crippen LogP contribution in [0.5, 0.6) is 0 Å². The zero-order chi connectivity index (χ0) is 12.5. The molecule has 0 amide bonds. The molecule has 2 aromatic heterocycles. The van der Waals surface area contributed by atoms with Gasteiger partial charge in [-0.3, -0.25) is 0 Å². The van der Waals surface area contributed by atoms with Crippen LogP contribution in [0.25, 0.3) is 10.3 Å². The van der Waals surface area contributed by atoms with Gasteiger partial charge >= 0.3 is 0 Å². The first-order chi connectivity index (χ1) is 8.70. The molecule has 3 aromatic rings. The van der Waals surface area contributed by atoms with E-state index in [1.165, 1.54) is 23.5 Å². The maximum Gasteiger partial charge on any atom is 0.182 e. The van der Waals surface area contributed by atoms with E-state index in [-0.39, 0.29) is 5.82 Å². The number of anilines is 3. The van der Waals surface area contributed by atoms with Crippen molar-refractivity contribution in [3.63, 3.8) is 0 Å². The minimum Gasteiger partial charge on any atom is -0.375 e. The molecule has 0 saturated carbocycles. The zero-order valence-corrected chi connectivity index (χ0v) is 10.0. The molecule has 0 saturated heterocycles. The number of halogens is 1. The highest BCUT2D eigenvalue weighted by Crippen LogP contribution is 2.24. The molecule has 6 heteroatoms. The van der Waals surface area contributed by atoms with Crippen molar-refractivity contribution >= 4 is 38.3 Å². The predicted molar refractivity (Wildman–Crippen MR) is 71.5 cm³/mol. The van der Waals surface area contributed by atoms with Crippen LogP contribution in [0.1, 0.15) is 0 Å². The fourth-order valence-corrected chi connectivity index (χ4v) is 2.29. The Morgan fingerprint density at radius 3 is 2.61 bits per heavy atom. The number of hydrogen-bond acceptors (Lipinski definition) is 5. The van der Waals surface area contributed by atoms with E-state index in [2.05, 4.69) is 15.3 Å². The monoisotopic (exact) mass is 260 g/mol. The standard InChI is InChI=1S/C12H9FN4S/c13-7-1-3-8(4-2-7)15-10-6-5-9-11(17-10)18-12(14)16-9/h1-6H,(H2,14,16)(H,15,17). The Kier molecular flexibility index (Phi) is 2.56. The van der Waals surface area contributed by atoms with Crippen molar-refractivity contribution in [2.45, 2.75) is 0 Å². The van der Waals surface area contributed by atoms with E-state index in [4.69, 9.17) is 5.73 Å². The average molecular weight is 260 g/mol. The van der Waals surface area contributed by atoms with Crippen LogP contribution in [0, 0.1) is 5.82 Å². The van der Waals surface area contributed by atoms with Gasteiger partial charge in [0, 0.05) is 5.69 Å². The molecule has 0 aliphatic rings. The fourth-order valence-electron chi connectivity index (χ4n) is 1.58. The van der Waals surface area contributed by atoms with Gasteiger partial charge in [-0.1, -0.05) is 11.3 Å². The van der Waals surface area contributed by atoms with Gasteiger partial charge in [0.05, 0.1) is 0 Å². The van der Waals surface area contributed by atoms with Gasteiger partial charge in [0.25, 0.3) is 0 Å². The van der Waals surface area contributed by atoms with E-state index in [0.29, 0.717) is 10.9 Å². The second kappa shape index (κ2) is 4.23. The van der Waals surface area contributed by atoms with Gasteiger partial charge in [-0.15, -0.1) is 0 Å². The number of thiazole rings is 1. The molecular formula is C12H9FN4S. The molecular weight excluding hydrogens is 251 g/mol. The zero-order valence-electron chi connectivity index (χ0n) is 9.22. The van der Waals surface area contributed by atoms with Gasteiger partial charge in [0.15, 0.2) is 5.13 Å². The second-order valence-corrected chi connectivity index (χ2v) is 4.71. The molecule has 90 valence electrons. The first-order valence-electron chi connectivity index (χ1n) is 5.26. The van der Waals surface area contributed by atoms with Crippen molar-refractivity contribution in [2.75, 3.05) is 11.1 Å². The fraction of sp³-hybridized carbons (Fsp3) is 0. The van der Waals surface area contributed by atoms with Crippen LogP contribution < -0.4 is 11.1 Å². The smallest absolute Gasteiger partial charge is 0.182 e. The summed E-state index contributed by atoms with van der Waals surface area (Å²) in [4.78, 5) is 9.29. The number of hydrogen-bond donors (Lipinski definition) is 2. The van der Waals surface area contributed by atoms with Crippen LogP contribution in [-0.4, -0.2) is 9.97 Å². The number of nitrogens with one attached hydrogen (secondary N) is 1. The summed E-state index contributed by atoms with van der Waals surface area (Å²) in [6, 6.07) is 9.76. The molecule has 0 radical (unpaired) electrons. The van der Waals surface area contributed by atoms with Crippen molar-refractivity contribution < 1.29 is 4.39 Å². The van der Waals surface area contributed by atoms with E-state index in [1.54, 1.807) is 12.1 Å². The third kappa shape index (κ3) is 2.10. The molecule has 0 bridgehead atoms. The summed E-state index contributed by atoms with van der Waals surface area (Å²) in [6.45, 7) is 0. The summed E-state index contributed by atoms with van der Waals surface area (Å²) in [5.41, 5.74) is 7.17. The van der Waals surface area contributed by atoms with Gasteiger partial charge in [-0.25, -0.2) is 14.4 Å². The molecule has 0 aliphatic carbocycles. The highest BCUT2D eigenvalue weighted by atomic mass is 32.1. The second-order valence-electron chi connectivity index (χ2n) is 3.70. The molecule has 1 aromatic carbocycles. The summed E-state index contributed by atoms with van der Waals surface area (Å²) in [6.07, 6.45) is 0. The van der Waals surface area contributed by atoms with Crippen LogP contribution in [0.2, 0.25) is 0 Å². The topological polar surface area (TPSA) is 63.8 Å². The third-order valence-corrected chi connectivity index (χ3v) is 3.18. The molecule has 0 spiro atoms. The minimum absolute atomic E-state index is 0.265. The lowest BCUT2D eigenvalue weighted by Crippen LogP contribution is -1.92. The van der Waals surface area contributed by atoms with Crippen LogP contribution in [0.4, 0.5) is 21.0 Å². The number of aromatic nitrogens is 2. The summed E-state index contributed by atoms with van der Waals surface area (Å²) < 4.78 is 12.8. The van der Waals surface area contributed by atoms with Crippen LogP contribution in [0.15, 0.2) is 36.4 Å². The Bertz CT molecular complexity index is 693. The molecule has 2 heterocycles. The molecule has 18 heavy (non-hydrogen) atoms. The van der Waals surface area contributed by atoms with Gasteiger partial charge in [-0.05, 0) is 36.4 Å². The Morgan fingerprint density at radius 2 is 1.83 bits per heavy atom. The Morgan fingerprint density at radius 1 is 1.06 bits per heavy atom. The number of fused-ring (bicyclic) bond motifs is 1.